The largest absolute Gasteiger partial charge is 0.480 e. The van der Waals surface area contributed by atoms with Gasteiger partial charge in [0.2, 0.25) is 0 Å². The van der Waals surface area contributed by atoms with E-state index in [0.29, 0.717) is 27.8 Å². The van der Waals surface area contributed by atoms with Crippen LogP contribution in [-0.4, -0.2) is 23.0 Å². The van der Waals surface area contributed by atoms with Crippen molar-refractivity contribution in [2.24, 2.45) is 0 Å². The number of hydrogen-bond donors (Lipinski definition) is 4. The number of carbonyl (C=O) groups is 2. The minimum absolute atomic E-state index is 0.0881. The van der Waals surface area contributed by atoms with Crippen molar-refractivity contribution in [1.29, 1.82) is 0 Å². The first-order chi connectivity index (χ1) is 20.4. The third-order valence-corrected chi connectivity index (χ3v) is 6.82. The Labute approximate surface area is 248 Å². The molecule has 0 unspecified atom stereocenters. The summed E-state index contributed by atoms with van der Waals surface area (Å²) in [5.74, 6) is -0.277. The minimum Gasteiger partial charge on any atom is -0.480 e. The van der Waals surface area contributed by atoms with Crippen molar-refractivity contribution in [3.05, 3.63) is 137 Å². The zero-order valence-corrected chi connectivity index (χ0v) is 23.2. The fourth-order valence-electron chi connectivity index (χ4n) is 4.44. The number of amides is 1. The van der Waals surface area contributed by atoms with Crippen LogP contribution in [0.3, 0.4) is 0 Å². The average Bonchev–Trinajstić information content (AvgIpc) is 3.00. The van der Waals surface area contributed by atoms with E-state index < -0.39 is 17.9 Å². The summed E-state index contributed by atoms with van der Waals surface area (Å²) < 4.78 is 6.09. The summed E-state index contributed by atoms with van der Waals surface area (Å²) in [5, 5.41) is 16.1. The number of rotatable bonds is 10. The maximum absolute atomic E-state index is 13.3. The third kappa shape index (κ3) is 7.08. The summed E-state index contributed by atoms with van der Waals surface area (Å²) >= 11 is 6.19. The topological polar surface area (TPSA) is 114 Å². The van der Waals surface area contributed by atoms with Crippen molar-refractivity contribution >= 4 is 40.5 Å². The smallest absolute Gasteiger partial charge is 0.326 e. The lowest BCUT2D eigenvalue weighted by molar-refractivity contribution is -0.139. The molecule has 210 valence electrons. The number of benzene rings is 5. The molecule has 1 amide bonds. The molecule has 42 heavy (non-hydrogen) atoms. The Balaban J connectivity index is 1.31. The van der Waals surface area contributed by atoms with Crippen molar-refractivity contribution in [3.8, 4) is 22.6 Å². The molecule has 5 N–H and O–H groups in total. The number of aliphatic carboxylic acids is 1. The molecule has 0 aliphatic rings. The Kier molecular flexibility index (Phi) is 8.70. The van der Waals surface area contributed by atoms with Crippen LogP contribution in [0.15, 0.2) is 121 Å². The Morgan fingerprint density at radius 2 is 1.52 bits per heavy atom. The molecule has 0 fully saturated rings. The van der Waals surface area contributed by atoms with E-state index in [1.807, 2.05) is 78.9 Å². The maximum atomic E-state index is 13.3. The summed E-state index contributed by atoms with van der Waals surface area (Å²) in [6.07, 6.45) is 0.0881. The number of carbonyl (C=O) groups excluding carboxylic acids is 1. The van der Waals surface area contributed by atoms with Crippen molar-refractivity contribution in [1.82, 2.24) is 5.32 Å². The van der Waals surface area contributed by atoms with Gasteiger partial charge in [0.15, 0.2) is 0 Å². The molecule has 0 heterocycles. The lowest BCUT2D eigenvalue weighted by atomic mass is 9.99. The number of ether oxygens (including phenoxy) is 1. The summed E-state index contributed by atoms with van der Waals surface area (Å²) in [6.45, 7) is 0. The summed E-state index contributed by atoms with van der Waals surface area (Å²) in [7, 11) is 0. The zero-order valence-electron chi connectivity index (χ0n) is 22.5. The molecular formula is C34H28ClN3O4. The van der Waals surface area contributed by atoms with E-state index in [2.05, 4.69) is 10.6 Å². The molecule has 0 bridgehead atoms. The first-order valence-corrected chi connectivity index (χ1v) is 13.6. The molecule has 8 heteroatoms. The highest BCUT2D eigenvalue weighted by atomic mass is 35.5. The highest BCUT2D eigenvalue weighted by Gasteiger charge is 2.23. The zero-order chi connectivity index (χ0) is 29.5. The first kappa shape index (κ1) is 28.3. The molecule has 7 nitrogen and oxygen atoms in total. The highest BCUT2D eigenvalue weighted by molar-refractivity contribution is 6.31. The Bertz CT molecular complexity index is 1690. The predicted molar refractivity (Wildman–Crippen MR) is 167 cm³/mol. The monoisotopic (exact) mass is 577 g/mol. The van der Waals surface area contributed by atoms with Gasteiger partial charge < -0.3 is 26.2 Å². The van der Waals surface area contributed by atoms with Crippen LogP contribution in [0.1, 0.15) is 15.9 Å². The molecular weight excluding hydrogens is 550 g/mol. The molecule has 5 aromatic carbocycles. The predicted octanol–water partition coefficient (Wildman–Crippen LogP) is 7.55. The van der Waals surface area contributed by atoms with Gasteiger partial charge in [-0.05, 0) is 71.8 Å². The molecule has 0 radical (unpaired) electrons. The molecule has 5 aromatic rings. The van der Waals surface area contributed by atoms with E-state index in [4.69, 9.17) is 22.1 Å². The lowest BCUT2D eigenvalue weighted by Crippen LogP contribution is -2.42. The maximum Gasteiger partial charge on any atom is 0.326 e. The normalized spacial score (nSPS) is 11.4. The molecule has 1 atom stereocenters. The van der Waals surface area contributed by atoms with Crippen LogP contribution in [-0.2, 0) is 11.2 Å². The third-order valence-electron chi connectivity index (χ3n) is 6.58. The van der Waals surface area contributed by atoms with Crippen LogP contribution in [0.4, 0.5) is 17.1 Å². The highest BCUT2D eigenvalue weighted by Crippen LogP contribution is 2.33. The molecule has 0 aliphatic heterocycles. The van der Waals surface area contributed by atoms with Crippen LogP contribution in [0, 0.1) is 0 Å². The van der Waals surface area contributed by atoms with Gasteiger partial charge in [0, 0.05) is 28.4 Å². The summed E-state index contributed by atoms with van der Waals surface area (Å²) in [4.78, 5) is 25.5. The van der Waals surface area contributed by atoms with Gasteiger partial charge in [-0.2, -0.15) is 0 Å². The Morgan fingerprint density at radius 1 is 0.833 bits per heavy atom. The first-order valence-electron chi connectivity index (χ1n) is 13.2. The van der Waals surface area contributed by atoms with E-state index in [-0.39, 0.29) is 12.0 Å². The van der Waals surface area contributed by atoms with Crippen molar-refractivity contribution in [2.45, 2.75) is 12.5 Å². The fraction of sp³-hybridized carbons (Fsp3) is 0.0588. The van der Waals surface area contributed by atoms with E-state index in [9.17, 15) is 14.7 Å². The summed E-state index contributed by atoms with van der Waals surface area (Å²) in [6, 6.07) is 35.4. The van der Waals surface area contributed by atoms with Gasteiger partial charge in [-0.25, -0.2) is 4.79 Å². The van der Waals surface area contributed by atoms with Crippen LogP contribution < -0.4 is 21.1 Å². The number of nitrogens with two attached hydrogens (primary N) is 1. The Hall–Kier alpha value is -5.27. The van der Waals surface area contributed by atoms with Gasteiger partial charge in [0.1, 0.15) is 17.5 Å². The van der Waals surface area contributed by atoms with Crippen LogP contribution in [0.2, 0.25) is 5.02 Å². The second kappa shape index (κ2) is 12.9. The lowest BCUT2D eigenvalue weighted by Gasteiger charge is -2.18. The minimum atomic E-state index is -1.17. The van der Waals surface area contributed by atoms with Crippen molar-refractivity contribution in [2.75, 3.05) is 11.1 Å². The molecule has 0 aliphatic carbocycles. The molecule has 0 saturated carbocycles. The second-order valence-corrected chi connectivity index (χ2v) is 10.0. The number of nitrogens with one attached hydrogen (secondary N) is 2. The van der Waals surface area contributed by atoms with Gasteiger partial charge in [0.25, 0.3) is 5.91 Å². The van der Waals surface area contributed by atoms with Crippen LogP contribution in [0.25, 0.3) is 11.1 Å². The van der Waals surface area contributed by atoms with Crippen molar-refractivity contribution < 1.29 is 19.4 Å². The number of para-hydroxylation sites is 2. The van der Waals surface area contributed by atoms with E-state index in [0.717, 1.165) is 22.4 Å². The number of carboxylic acid groups (broad SMARTS) is 1. The molecule has 0 aromatic heterocycles. The molecule has 0 saturated heterocycles. The van der Waals surface area contributed by atoms with E-state index in [1.165, 1.54) is 6.07 Å². The summed E-state index contributed by atoms with van der Waals surface area (Å²) in [5.41, 5.74) is 10.4. The Morgan fingerprint density at radius 3 is 2.24 bits per heavy atom. The SMILES string of the molecule is Nc1ccc(Nc2ccc(Cl)cc2C(=O)N[C@@H](Cc2ccc(-c3ccccc3Oc3ccccc3)cc2)C(=O)O)cc1. The number of hydrogen-bond acceptors (Lipinski definition) is 5. The fourth-order valence-corrected chi connectivity index (χ4v) is 4.61. The van der Waals surface area contributed by atoms with Gasteiger partial charge in [-0.15, -0.1) is 0 Å². The quantitative estimate of drug-likeness (QED) is 0.127. The van der Waals surface area contributed by atoms with Gasteiger partial charge >= 0.3 is 5.97 Å². The van der Waals surface area contributed by atoms with E-state index >= 15 is 0 Å². The van der Waals surface area contributed by atoms with Crippen molar-refractivity contribution in [3.63, 3.8) is 0 Å². The number of anilines is 3. The average molecular weight is 578 g/mol. The van der Waals surface area contributed by atoms with Crippen LogP contribution >= 0.6 is 11.6 Å². The second-order valence-electron chi connectivity index (χ2n) is 9.61. The number of carboxylic acids is 1. The number of nitrogen functional groups attached to an aromatic ring is 1. The standard InChI is InChI=1S/C34H28ClN3O4/c35-24-14-19-30(37-26-17-15-25(36)16-18-26)29(21-24)33(39)38-31(34(40)41)20-22-10-12-23(13-11-22)28-8-4-5-9-32(28)42-27-6-2-1-3-7-27/h1-19,21,31,37H,20,36H2,(H,38,39)(H,40,41)/t31-/m0/s1. The van der Waals surface area contributed by atoms with Gasteiger partial charge in [-0.3, -0.25) is 4.79 Å². The van der Waals surface area contributed by atoms with E-state index in [1.54, 1.807) is 36.4 Å². The van der Waals surface area contributed by atoms with Gasteiger partial charge in [-0.1, -0.05) is 72.3 Å². The van der Waals surface area contributed by atoms with Crippen LogP contribution in [0.5, 0.6) is 11.5 Å². The molecule has 0 spiro atoms. The number of halogens is 1. The molecule has 5 rings (SSSR count). The van der Waals surface area contributed by atoms with Gasteiger partial charge in [0.05, 0.1) is 11.3 Å².